The summed E-state index contributed by atoms with van der Waals surface area (Å²) in [6.07, 6.45) is 3.87. The van der Waals surface area contributed by atoms with Crippen LogP contribution in [0.15, 0.2) is 0 Å². The van der Waals surface area contributed by atoms with Crippen LogP contribution in [0.25, 0.3) is 0 Å². The molecule has 116 valence electrons. The van der Waals surface area contributed by atoms with Gasteiger partial charge in [0.15, 0.2) is 0 Å². The van der Waals surface area contributed by atoms with Crippen LogP contribution in [0.4, 0.5) is 0 Å². The van der Waals surface area contributed by atoms with Gasteiger partial charge in [-0.3, -0.25) is 14.5 Å². The second-order valence-electron chi connectivity index (χ2n) is 5.58. The summed E-state index contributed by atoms with van der Waals surface area (Å²) >= 11 is 0. The smallest absolute Gasteiger partial charge is 0.310 e. The van der Waals surface area contributed by atoms with Crippen LogP contribution in [0.3, 0.4) is 0 Å². The van der Waals surface area contributed by atoms with Gasteiger partial charge in [-0.2, -0.15) is 0 Å². The molecule has 1 amide bonds. The first kappa shape index (κ1) is 17.0. The van der Waals surface area contributed by atoms with Gasteiger partial charge in [0.1, 0.15) is 0 Å². The highest BCUT2D eigenvalue weighted by molar-refractivity contribution is 5.78. The van der Waals surface area contributed by atoms with Crippen molar-refractivity contribution in [2.45, 2.75) is 52.5 Å². The fourth-order valence-electron chi connectivity index (χ4n) is 2.68. The number of hydrogen-bond donors (Lipinski definition) is 1. The second kappa shape index (κ2) is 8.95. The van der Waals surface area contributed by atoms with Gasteiger partial charge < -0.3 is 10.1 Å². The van der Waals surface area contributed by atoms with Crippen LogP contribution < -0.4 is 5.32 Å². The van der Waals surface area contributed by atoms with Gasteiger partial charge in [0.2, 0.25) is 5.91 Å². The molecule has 1 rings (SSSR count). The number of ether oxygens (including phenoxy) is 1. The highest BCUT2D eigenvalue weighted by Crippen LogP contribution is 2.17. The normalized spacial score (nSPS) is 21.2. The van der Waals surface area contributed by atoms with Crippen LogP contribution in [0, 0.1) is 5.92 Å². The van der Waals surface area contributed by atoms with E-state index in [2.05, 4.69) is 17.1 Å². The second-order valence-corrected chi connectivity index (χ2v) is 5.58. The van der Waals surface area contributed by atoms with Crippen molar-refractivity contribution < 1.29 is 14.3 Å². The lowest BCUT2D eigenvalue weighted by Crippen LogP contribution is -2.46. The molecule has 0 radical (unpaired) electrons. The van der Waals surface area contributed by atoms with E-state index in [4.69, 9.17) is 4.74 Å². The molecule has 1 unspecified atom stereocenters. The van der Waals surface area contributed by atoms with E-state index >= 15 is 0 Å². The Labute approximate surface area is 122 Å². The zero-order chi connectivity index (χ0) is 15.0. The largest absolute Gasteiger partial charge is 0.466 e. The lowest BCUT2D eigenvalue weighted by Gasteiger charge is -2.31. The Hall–Kier alpha value is -1.10. The predicted molar refractivity (Wildman–Crippen MR) is 78.3 cm³/mol. The third-order valence-electron chi connectivity index (χ3n) is 3.62. The molecule has 0 aromatic heterocycles. The molecule has 0 bridgehead atoms. The molecule has 5 nitrogen and oxygen atoms in total. The molecule has 5 heteroatoms. The van der Waals surface area contributed by atoms with Gasteiger partial charge in [-0.25, -0.2) is 0 Å². The molecule has 20 heavy (non-hydrogen) atoms. The maximum absolute atomic E-state index is 11.9. The summed E-state index contributed by atoms with van der Waals surface area (Å²) in [5.41, 5.74) is 0. The molecule has 0 saturated carbocycles. The fraction of sp³-hybridized carbons (Fsp3) is 0.867. The summed E-state index contributed by atoms with van der Waals surface area (Å²) in [7, 11) is 0. The van der Waals surface area contributed by atoms with Crippen LogP contribution in [0.1, 0.15) is 46.5 Å². The Kier molecular flexibility index (Phi) is 7.59. The van der Waals surface area contributed by atoms with Crippen molar-refractivity contribution in [2.75, 3.05) is 26.2 Å². The Morgan fingerprint density at radius 1 is 1.40 bits per heavy atom. The number of hydrogen-bond acceptors (Lipinski definition) is 4. The van der Waals surface area contributed by atoms with Crippen molar-refractivity contribution in [3.63, 3.8) is 0 Å². The minimum Gasteiger partial charge on any atom is -0.466 e. The van der Waals surface area contributed by atoms with Crippen molar-refractivity contribution in [2.24, 2.45) is 5.92 Å². The van der Waals surface area contributed by atoms with Gasteiger partial charge in [-0.05, 0) is 39.7 Å². The van der Waals surface area contributed by atoms with E-state index in [0.717, 1.165) is 32.2 Å². The fourth-order valence-corrected chi connectivity index (χ4v) is 2.68. The number of nitrogens with zero attached hydrogens (tertiary/aromatic N) is 1. The predicted octanol–water partition coefficient (Wildman–Crippen LogP) is 1.57. The minimum atomic E-state index is -0.128. The van der Waals surface area contributed by atoms with E-state index in [-0.39, 0.29) is 23.8 Å². The van der Waals surface area contributed by atoms with Crippen LogP contribution >= 0.6 is 0 Å². The maximum Gasteiger partial charge on any atom is 0.310 e. The molecule has 1 aliphatic heterocycles. The third kappa shape index (κ3) is 5.90. The summed E-state index contributed by atoms with van der Waals surface area (Å²) in [5.74, 6) is -0.156. The first-order chi connectivity index (χ1) is 9.56. The first-order valence-corrected chi connectivity index (χ1v) is 7.75. The van der Waals surface area contributed by atoms with Crippen molar-refractivity contribution in [1.82, 2.24) is 10.2 Å². The average Bonchev–Trinajstić information content (AvgIpc) is 2.39. The van der Waals surface area contributed by atoms with Gasteiger partial charge in [-0.1, -0.05) is 13.3 Å². The van der Waals surface area contributed by atoms with E-state index in [1.807, 2.05) is 13.8 Å². The molecule has 1 aliphatic rings. The molecule has 2 atom stereocenters. The van der Waals surface area contributed by atoms with Crippen molar-refractivity contribution in [3.05, 3.63) is 0 Å². The van der Waals surface area contributed by atoms with E-state index in [0.29, 0.717) is 19.7 Å². The third-order valence-corrected chi connectivity index (χ3v) is 3.62. The highest BCUT2D eigenvalue weighted by atomic mass is 16.5. The number of likely N-dealkylation sites (tertiary alicyclic amines) is 1. The lowest BCUT2D eigenvalue weighted by atomic mass is 9.98. The molecule has 1 fully saturated rings. The number of nitrogens with one attached hydrogen (secondary N) is 1. The summed E-state index contributed by atoms with van der Waals surface area (Å²) in [6, 6.07) is 0.221. The van der Waals surface area contributed by atoms with Gasteiger partial charge in [-0.15, -0.1) is 0 Å². The van der Waals surface area contributed by atoms with Crippen LogP contribution in [0.5, 0.6) is 0 Å². The minimum absolute atomic E-state index is 0.0514. The number of carbonyl (C=O) groups is 2. The Morgan fingerprint density at radius 2 is 2.15 bits per heavy atom. The van der Waals surface area contributed by atoms with Gasteiger partial charge in [0.25, 0.3) is 0 Å². The van der Waals surface area contributed by atoms with Gasteiger partial charge in [0, 0.05) is 12.6 Å². The van der Waals surface area contributed by atoms with Crippen LogP contribution in [-0.2, 0) is 14.3 Å². The number of esters is 1. The highest BCUT2D eigenvalue weighted by Gasteiger charge is 2.27. The molecular weight excluding hydrogens is 256 g/mol. The average molecular weight is 284 g/mol. The summed E-state index contributed by atoms with van der Waals surface area (Å²) in [6.45, 7) is 8.27. The standard InChI is InChI=1S/C15H28N2O3/c1-4-7-12(3)16-14(18)11-17-9-6-8-13(10-17)15(19)20-5-2/h12-13H,4-11H2,1-3H3,(H,16,18)/t12?,13-/m1/s1. The molecular formula is C15H28N2O3. The molecule has 0 spiro atoms. The molecule has 0 aromatic carbocycles. The zero-order valence-corrected chi connectivity index (χ0v) is 13.0. The maximum atomic E-state index is 11.9. The molecule has 1 N–H and O–H groups in total. The molecule has 0 aliphatic carbocycles. The van der Waals surface area contributed by atoms with E-state index < -0.39 is 0 Å². The quantitative estimate of drug-likeness (QED) is 0.721. The van der Waals surface area contributed by atoms with Gasteiger partial charge >= 0.3 is 5.97 Å². The number of piperidine rings is 1. The van der Waals surface area contributed by atoms with Gasteiger partial charge in [0.05, 0.1) is 19.1 Å². The van der Waals surface area contributed by atoms with Crippen molar-refractivity contribution in [1.29, 1.82) is 0 Å². The summed E-state index contributed by atoms with van der Waals surface area (Å²) < 4.78 is 5.07. The monoisotopic (exact) mass is 284 g/mol. The van der Waals surface area contributed by atoms with Crippen LogP contribution in [0.2, 0.25) is 0 Å². The molecule has 1 heterocycles. The van der Waals surface area contributed by atoms with Crippen molar-refractivity contribution in [3.8, 4) is 0 Å². The van der Waals surface area contributed by atoms with E-state index in [9.17, 15) is 9.59 Å². The topological polar surface area (TPSA) is 58.6 Å². The molecule has 0 aromatic rings. The van der Waals surface area contributed by atoms with E-state index in [1.54, 1.807) is 0 Å². The van der Waals surface area contributed by atoms with E-state index in [1.165, 1.54) is 0 Å². The summed E-state index contributed by atoms with van der Waals surface area (Å²) in [5, 5.41) is 3.00. The number of rotatable bonds is 7. The Bertz CT molecular complexity index is 320. The van der Waals surface area contributed by atoms with Crippen LogP contribution in [-0.4, -0.2) is 49.1 Å². The Morgan fingerprint density at radius 3 is 2.80 bits per heavy atom. The summed E-state index contributed by atoms with van der Waals surface area (Å²) in [4.78, 5) is 25.7. The SMILES string of the molecule is CCCC(C)NC(=O)CN1CCC[C@@H](C(=O)OCC)C1. The Balaban J connectivity index is 2.36. The zero-order valence-electron chi connectivity index (χ0n) is 13.0. The lowest BCUT2D eigenvalue weighted by molar-refractivity contribution is -0.150. The number of amides is 1. The first-order valence-electron chi connectivity index (χ1n) is 7.75. The molecule has 1 saturated heterocycles. The van der Waals surface area contributed by atoms with Crippen molar-refractivity contribution >= 4 is 11.9 Å². The number of carbonyl (C=O) groups excluding carboxylic acids is 2.